The lowest BCUT2D eigenvalue weighted by molar-refractivity contribution is 0.377. The number of hydrogen-bond acceptors (Lipinski definition) is 6. The topological polar surface area (TPSA) is 111 Å². The van der Waals surface area contributed by atoms with Crippen molar-refractivity contribution < 1.29 is 12.9 Å². The van der Waals surface area contributed by atoms with Gasteiger partial charge in [0.2, 0.25) is 10.0 Å². The van der Waals surface area contributed by atoms with E-state index in [1.165, 1.54) is 18.3 Å². The second kappa shape index (κ2) is 5.65. The van der Waals surface area contributed by atoms with Crippen LogP contribution in [0.2, 0.25) is 0 Å². The quantitative estimate of drug-likeness (QED) is 0.773. The first kappa shape index (κ1) is 14.6. The van der Waals surface area contributed by atoms with Gasteiger partial charge in [-0.15, -0.1) is 0 Å². The zero-order valence-corrected chi connectivity index (χ0v) is 12.2. The standard InChI is InChI=1S/C11H12N4O3S2/c1-7-5-8(18-15-7)6-14-20(16,17)9-3-2-4-13-10(9)11(12)19/h2-5,14H,6H2,1H3,(H2,12,19). The Kier molecular flexibility index (Phi) is 4.12. The molecule has 0 aliphatic carbocycles. The molecule has 7 nitrogen and oxygen atoms in total. The van der Waals surface area contributed by atoms with Crippen molar-refractivity contribution in [1.29, 1.82) is 0 Å². The molecule has 2 aromatic rings. The van der Waals surface area contributed by atoms with Gasteiger partial charge >= 0.3 is 0 Å². The minimum absolute atomic E-state index is 0.0190. The third-order valence-corrected chi connectivity index (χ3v) is 4.03. The molecule has 0 amide bonds. The van der Waals surface area contributed by atoms with Crippen LogP contribution in [0.4, 0.5) is 0 Å². The maximum absolute atomic E-state index is 12.2. The molecule has 9 heteroatoms. The Hall–Kier alpha value is -1.84. The van der Waals surface area contributed by atoms with Crippen LogP contribution in [0.3, 0.4) is 0 Å². The van der Waals surface area contributed by atoms with Gasteiger partial charge in [-0.1, -0.05) is 17.4 Å². The van der Waals surface area contributed by atoms with Crippen molar-refractivity contribution in [3.05, 3.63) is 41.5 Å². The van der Waals surface area contributed by atoms with Gasteiger partial charge in [-0.2, -0.15) is 0 Å². The van der Waals surface area contributed by atoms with E-state index in [4.69, 9.17) is 22.5 Å². The highest BCUT2D eigenvalue weighted by atomic mass is 32.2. The third kappa shape index (κ3) is 3.18. The number of sulfonamides is 1. The van der Waals surface area contributed by atoms with Crippen molar-refractivity contribution >= 4 is 27.2 Å². The number of rotatable bonds is 5. The fourth-order valence-corrected chi connectivity index (χ4v) is 2.93. The molecule has 0 aliphatic rings. The van der Waals surface area contributed by atoms with E-state index in [-0.39, 0.29) is 22.1 Å². The van der Waals surface area contributed by atoms with Crippen LogP contribution in [0.1, 0.15) is 17.1 Å². The third-order valence-electron chi connectivity index (χ3n) is 2.41. The summed E-state index contributed by atoms with van der Waals surface area (Å²) in [7, 11) is -3.79. The van der Waals surface area contributed by atoms with Gasteiger partial charge in [-0.3, -0.25) is 4.98 Å². The molecule has 2 rings (SSSR count). The molecule has 106 valence electrons. The van der Waals surface area contributed by atoms with Crippen molar-refractivity contribution in [2.75, 3.05) is 0 Å². The minimum atomic E-state index is -3.79. The Morgan fingerprint density at radius 3 is 2.90 bits per heavy atom. The Morgan fingerprint density at radius 2 is 2.30 bits per heavy atom. The highest BCUT2D eigenvalue weighted by molar-refractivity contribution is 7.89. The first-order valence-electron chi connectivity index (χ1n) is 5.57. The fourth-order valence-electron chi connectivity index (χ4n) is 1.54. The van der Waals surface area contributed by atoms with Crippen molar-refractivity contribution in [3.63, 3.8) is 0 Å². The molecule has 0 spiro atoms. The van der Waals surface area contributed by atoms with E-state index in [0.29, 0.717) is 11.5 Å². The molecule has 0 fully saturated rings. The van der Waals surface area contributed by atoms with E-state index in [1.807, 2.05) is 0 Å². The van der Waals surface area contributed by atoms with Gasteiger partial charge < -0.3 is 10.3 Å². The zero-order valence-electron chi connectivity index (χ0n) is 10.5. The lowest BCUT2D eigenvalue weighted by Crippen LogP contribution is -2.26. The van der Waals surface area contributed by atoms with Crippen LogP contribution >= 0.6 is 12.2 Å². The van der Waals surface area contributed by atoms with E-state index in [0.717, 1.165) is 0 Å². The molecule has 3 N–H and O–H groups in total. The maximum Gasteiger partial charge on any atom is 0.243 e. The molecular formula is C11H12N4O3S2. The van der Waals surface area contributed by atoms with Gasteiger partial charge in [0.05, 0.1) is 12.2 Å². The van der Waals surface area contributed by atoms with E-state index in [1.54, 1.807) is 13.0 Å². The second-order valence-corrected chi connectivity index (χ2v) is 6.15. The highest BCUT2D eigenvalue weighted by Crippen LogP contribution is 2.13. The van der Waals surface area contributed by atoms with Gasteiger partial charge in [0.15, 0.2) is 5.76 Å². The van der Waals surface area contributed by atoms with Gasteiger partial charge in [-0.05, 0) is 19.1 Å². The number of nitrogens with one attached hydrogen (secondary N) is 1. The number of aryl methyl sites for hydroxylation is 1. The van der Waals surface area contributed by atoms with E-state index >= 15 is 0 Å². The van der Waals surface area contributed by atoms with Crippen LogP contribution in [0.25, 0.3) is 0 Å². The second-order valence-electron chi connectivity index (χ2n) is 3.97. The summed E-state index contributed by atoms with van der Waals surface area (Å²) < 4.78 is 31.7. The Labute approximate surface area is 121 Å². The summed E-state index contributed by atoms with van der Waals surface area (Å²) in [5.74, 6) is 0.409. The predicted molar refractivity (Wildman–Crippen MR) is 75.4 cm³/mol. The molecule has 0 atom stereocenters. The van der Waals surface area contributed by atoms with Crippen molar-refractivity contribution in [3.8, 4) is 0 Å². The fraction of sp³-hybridized carbons (Fsp3) is 0.182. The lowest BCUT2D eigenvalue weighted by atomic mass is 10.3. The van der Waals surface area contributed by atoms with E-state index in [9.17, 15) is 8.42 Å². The van der Waals surface area contributed by atoms with Gasteiger partial charge in [0, 0.05) is 12.3 Å². The Bertz CT molecular complexity index is 740. The normalized spacial score (nSPS) is 11.4. The predicted octanol–water partition coefficient (Wildman–Crippen LogP) is 0.491. The number of thiocarbonyl (C=S) groups is 1. The van der Waals surface area contributed by atoms with Crippen LogP contribution in [-0.2, 0) is 16.6 Å². The molecule has 0 aliphatic heterocycles. The summed E-state index contributed by atoms with van der Waals surface area (Å²) in [6.07, 6.45) is 1.42. The van der Waals surface area contributed by atoms with Crippen LogP contribution in [0.15, 0.2) is 33.8 Å². The Balaban J connectivity index is 2.25. The molecule has 0 radical (unpaired) electrons. The zero-order chi connectivity index (χ0) is 14.8. The first-order valence-corrected chi connectivity index (χ1v) is 7.46. The summed E-state index contributed by atoms with van der Waals surface area (Å²) >= 11 is 4.79. The minimum Gasteiger partial charge on any atom is -0.388 e. The van der Waals surface area contributed by atoms with E-state index < -0.39 is 10.0 Å². The van der Waals surface area contributed by atoms with Crippen LogP contribution in [0, 0.1) is 6.92 Å². The van der Waals surface area contributed by atoms with Crippen molar-refractivity contribution in [2.24, 2.45) is 5.73 Å². The van der Waals surface area contributed by atoms with Crippen LogP contribution in [-0.4, -0.2) is 23.5 Å². The van der Waals surface area contributed by atoms with Crippen molar-refractivity contribution in [2.45, 2.75) is 18.4 Å². The number of hydrogen-bond donors (Lipinski definition) is 2. The first-order chi connectivity index (χ1) is 9.40. The number of nitrogens with zero attached hydrogens (tertiary/aromatic N) is 2. The molecule has 0 bridgehead atoms. The number of nitrogens with two attached hydrogens (primary N) is 1. The lowest BCUT2D eigenvalue weighted by Gasteiger charge is -2.08. The van der Waals surface area contributed by atoms with Crippen molar-refractivity contribution in [1.82, 2.24) is 14.9 Å². The molecule has 2 aromatic heterocycles. The average molecular weight is 312 g/mol. The largest absolute Gasteiger partial charge is 0.388 e. The van der Waals surface area contributed by atoms with Gasteiger partial charge in [-0.25, -0.2) is 13.1 Å². The van der Waals surface area contributed by atoms with E-state index in [2.05, 4.69) is 14.9 Å². The number of pyridine rings is 1. The van der Waals surface area contributed by atoms with Crippen LogP contribution in [0.5, 0.6) is 0 Å². The summed E-state index contributed by atoms with van der Waals surface area (Å²) in [6.45, 7) is 1.72. The molecular weight excluding hydrogens is 300 g/mol. The summed E-state index contributed by atoms with van der Waals surface area (Å²) in [5.41, 5.74) is 6.20. The molecule has 0 saturated carbocycles. The average Bonchev–Trinajstić information content (AvgIpc) is 2.82. The highest BCUT2D eigenvalue weighted by Gasteiger charge is 2.20. The maximum atomic E-state index is 12.2. The molecule has 0 unspecified atom stereocenters. The SMILES string of the molecule is Cc1cc(CNS(=O)(=O)c2cccnc2C(N)=S)on1. The summed E-state index contributed by atoms with van der Waals surface area (Å²) in [4.78, 5) is 3.73. The number of aromatic nitrogens is 2. The molecule has 20 heavy (non-hydrogen) atoms. The molecule has 2 heterocycles. The smallest absolute Gasteiger partial charge is 0.243 e. The summed E-state index contributed by atoms with van der Waals surface area (Å²) in [5, 5.41) is 3.67. The molecule has 0 aromatic carbocycles. The molecule has 0 saturated heterocycles. The van der Waals surface area contributed by atoms with Gasteiger partial charge in [0.25, 0.3) is 0 Å². The van der Waals surface area contributed by atoms with Gasteiger partial charge in [0.1, 0.15) is 15.6 Å². The monoisotopic (exact) mass is 312 g/mol. The Morgan fingerprint density at radius 1 is 1.55 bits per heavy atom. The van der Waals surface area contributed by atoms with Crippen LogP contribution < -0.4 is 10.5 Å². The summed E-state index contributed by atoms with van der Waals surface area (Å²) in [6, 6.07) is 4.52.